The topological polar surface area (TPSA) is 73.6 Å². The first kappa shape index (κ1) is 32.2. The smallest absolute Gasteiger partial charge is 0.0971 e. The first-order chi connectivity index (χ1) is 21.3. The minimum absolute atomic E-state index is 0.461. The third-order valence-corrected chi connectivity index (χ3v) is 11.6. The van der Waals surface area contributed by atoms with Crippen molar-refractivity contribution < 1.29 is 9.32 Å². The lowest BCUT2D eigenvalue weighted by atomic mass is 9.79. The van der Waals surface area contributed by atoms with Gasteiger partial charge in [-0.25, -0.2) is 8.51 Å². The average molecular weight is 659 g/mol. The van der Waals surface area contributed by atoms with Crippen molar-refractivity contribution in [2.75, 3.05) is 45.5 Å². The Bertz CT molecular complexity index is 1430. The molecule has 7 nitrogen and oxygen atoms in total. The van der Waals surface area contributed by atoms with Gasteiger partial charge in [0.05, 0.1) is 29.3 Å². The molecule has 0 amide bonds. The summed E-state index contributed by atoms with van der Waals surface area (Å²) in [6, 6.07) is 14.1. The SMILES string of the molecule is CS(=O)N1CCc2c(c(-c3ccc(Cl)c(CCc4ccc(Cl)cc4)c3)nn2C[C@@H](O)CN2CCC(C3CCNCC3)CC2)C1. The molecule has 6 rings (SSSR count). The summed E-state index contributed by atoms with van der Waals surface area (Å²) in [5.41, 5.74) is 6.43. The van der Waals surface area contributed by atoms with Crippen LogP contribution in [-0.2, 0) is 43.3 Å². The highest BCUT2D eigenvalue weighted by molar-refractivity contribution is 7.81. The van der Waals surface area contributed by atoms with Crippen LogP contribution in [0.2, 0.25) is 10.0 Å². The summed E-state index contributed by atoms with van der Waals surface area (Å²) in [5, 5.41) is 21.4. The molecule has 0 aliphatic carbocycles. The highest BCUT2D eigenvalue weighted by Crippen LogP contribution is 2.34. The molecule has 2 N–H and O–H groups in total. The maximum absolute atomic E-state index is 12.5. The van der Waals surface area contributed by atoms with E-state index in [1.54, 1.807) is 6.26 Å². The van der Waals surface area contributed by atoms with Gasteiger partial charge in [0, 0.05) is 59.2 Å². The molecule has 2 atom stereocenters. The normalized spacial score (nSPS) is 20.5. The summed E-state index contributed by atoms with van der Waals surface area (Å²) in [5.74, 6) is 1.69. The van der Waals surface area contributed by atoms with Crippen LogP contribution in [0.5, 0.6) is 0 Å². The van der Waals surface area contributed by atoms with E-state index in [1.165, 1.54) is 31.2 Å². The van der Waals surface area contributed by atoms with E-state index in [-0.39, 0.29) is 0 Å². The number of piperidine rings is 2. The summed E-state index contributed by atoms with van der Waals surface area (Å²) < 4.78 is 16.5. The molecular formula is C34H45Cl2N5O2S. The van der Waals surface area contributed by atoms with E-state index >= 15 is 0 Å². The van der Waals surface area contributed by atoms with E-state index in [4.69, 9.17) is 28.3 Å². The number of aliphatic hydroxyl groups is 1. The van der Waals surface area contributed by atoms with Crippen molar-refractivity contribution in [3.05, 3.63) is 74.9 Å². The number of aliphatic hydroxyl groups excluding tert-OH is 1. The number of benzene rings is 2. The number of nitrogens with one attached hydrogen (secondary N) is 1. The third kappa shape index (κ3) is 7.77. The molecule has 2 saturated heterocycles. The van der Waals surface area contributed by atoms with Crippen molar-refractivity contribution in [2.45, 2.75) is 64.1 Å². The Labute approximate surface area is 274 Å². The van der Waals surface area contributed by atoms with Gasteiger partial charge in [-0.15, -0.1) is 0 Å². The number of hydrogen-bond donors (Lipinski definition) is 2. The van der Waals surface area contributed by atoms with Gasteiger partial charge in [0.2, 0.25) is 0 Å². The van der Waals surface area contributed by atoms with Crippen molar-refractivity contribution in [1.29, 1.82) is 0 Å². The first-order valence-electron chi connectivity index (χ1n) is 16.2. The van der Waals surface area contributed by atoms with Crippen LogP contribution >= 0.6 is 23.2 Å². The predicted octanol–water partition coefficient (Wildman–Crippen LogP) is 5.37. The van der Waals surface area contributed by atoms with E-state index in [9.17, 15) is 9.32 Å². The van der Waals surface area contributed by atoms with E-state index in [0.717, 1.165) is 95.4 Å². The summed E-state index contributed by atoms with van der Waals surface area (Å²) in [6.45, 7) is 6.88. The molecule has 0 bridgehead atoms. The van der Waals surface area contributed by atoms with Gasteiger partial charge in [-0.3, -0.25) is 4.68 Å². The van der Waals surface area contributed by atoms with Gasteiger partial charge >= 0.3 is 0 Å². The second-order valence-corrected chi connectivity index (χ2v) is 15.0. The molecule has 10 heteroatoms. The molecule has 4 heterocycles. The fourth-order valence-electron chi connectivity index (χ4n) is 7.39. The lowest BCUT2D eigenvalue weighted by Crippen LogP contribution is -2.43. The fraction of sp³-hybridized carbons (Fsp3) is 0.559. The van der Waals surface area contributed by atoms with Crippen LogP contribution in [0.15, 0.2) is 42.5 Å². The van der Waals surface area contributed by atoms with Gasteiger partial charge in [-0.2, -0.15) is 5.10 Å². The number of likely N-dealkylation sites (tertiary alicyclic amines) is 1. The second-order valence-electron chi connectivity index (χ2n) is 12.8. The van der Waals surface area contributed by atoms with Gasteiger partial charge in [0.15, 0.2) is 0 Å². The molecule has 3 aliphatic rings. The van der Waals surface area contributed by atoms with Crippen LogP contribution in [0, 0.1) is 11.8 Å². The van der Waals surface area contributed by atoms with Gasteiger partial charge in [-0.05, 0) is 112 Å². The predicted molar refractivity (Wildman–Crippen MR) is 180 cm³/mol. The second kappa shape index (κ2) is 14.8. The Kier molecular flexibility index (Phi) is 10.8. The molecule has 2 aromatic carbocycles. The van der Waals surface area contributed by atoms with Gasteiger partial charge in [0.1, 0.15) is 0 Å². The minimum atomic E-state index is -1.06. The standard InChI is InChI=1S/C34H45Cl2N5O2S/c1-44(43)40-19-14-33-31(23-40)34(28-6-9-32(36)27(20-28)5-2-24-3-7-29(35)8-4-24)38-41(33)22-30(42)21-39-17-12-26(13-18-39)25-10-15-37-16-11-25/h3-4,6-9,20,25-26,30,37,42H,2,5,10-19,21-23H2,1H3/t30-,44?/m0/s1. The molecule has 0 radical (unpaired) electrons. The molecule has 0 spiro atoms. The van der Waals surface area contributed by atoms with Crippen molar-refractivity contribution in [3.8, 4) is 11.3 Å². The summed E-state index contributed by atoms with van der Waals surface area (Å²) in [4.78, 5) is 2.44. The van der Waals surface area contributed by atoms with Crippen LogP contribution in [-0.4, -0.2) is 79.9 Å². The van der Waals surface area contributed by atoms with E-state index in [1.807, 2.05) is 33.3 Å². The van der Waals surface area contributed by atoms with E-state index in [2.05, 4.69) is 28.4 Å². The quantitative estimate of drug-likeness (QED) is 0.307. The Morgan fingerprint density at radius 3 is 2.43 bits per heavy atom. The molecule has 1 aromatic heterocycles. The van der Waals surface area contributed by atoms with Crippen LogP contribution in [0.1, 0.15) is 48.1 Å². The number of aryl methyl sites for hydroxylation is 2. The number of rotatable bonds is 10. The van der Waals surface area contributed by atoms with Gasteiger partial charge in [-0.1, -0.05) is 41.4 Å². The molecular weight excluding hydrogens is 613 g/mol. The molecule has 44 heavy (non-hydrogen) atoms. The highest BCUT2D eigenvalue weighted by atomic mass is 35.5. The van der Waals surface area contributed by atoms with Gasteiger partial charge in [0.25, 0.3) is 0 Å². The molecule has 3 aromatic rings. The first-order valence-corrected chi connectivity index (χ1v) is 18.4. The molecule has 1 unspecified atom stereocenters. The summed E-state index contributed by atoms with van der Waals surface area (Å²) in [6.07, 6.45) is 8.74. The molecule has 238 valence electrons. The highest BCUT2D eigenvalue weighted by Gasteiger charge is 2.30. The van der Waals surface area contributed by atoms with Crippen LogP contribution < -0.4 is 5.32 Å². The average Bonchev–Trinajstić information content (AvgIpc) is 3.39. The monoisotopic (exact) mass is 657 g/mol. The molecule has 0 saturated carbocycles. The van der Waals surface area contributed by atoms with Gasteiger partial charge < -0.3 is 15.3 Å². The Morgan fingerprint density at radius 2 is 1.70 bits per heavy atom. The van der Waals surface area contributed by atoms with Crippen molar-refractivity contribution >= 4 is 34.2 Å². The maximum Gasteiger partial charge on any atom is 0.0971 e. The lowest BCUT2D eigenvalue weighted by Gasteiger charge is -2.38. The van der Waals surface area contributed by atoms with Crippen LogP contribution in [0.3, 0.4) is 0 Å². The number of halogens is 2. The van der Waals surface area contributed by atoms with Crippen molar-refractivity contribution in [2.24, 2.45) is 11.8 Å². The Hall–Kier alpha value is -1.78. The van der Waals surface area contributed by atoms with E-state index in [0.29, 0.717) is 26.2 Å². The zero-order valence-electron chi connectivity index (χ0n) is 25.7. The Balaban J connectivity index is 1.16. The number of hydrogen-bond acceptors (Lipinski definition) is 5. The van der Waals surface area contributed by atoms with Crippen molar-refractivity contribution in [1.82, 2.24) is 24.3 Å². The minimum Gasteiger partial charge on any atom is -0.390 e. The van der Waals surface area contributed by atoms with Crippen molar-refractivity contribution in [3.63, 3.8) is 0 Å². The summed E-state index contributed by atoms with van der Waals surface area (Å²) >= 11 is 12.7. The van der Waals surface area contributed by atoms with Crippen LogP contribution in [0.4, 0.5) is 0 Å². The summed E-state index contributed by atoms with van der Waals surface area (Å²) in [7, 11) is -1.06. The fourth-order valence-corrected chi connectivity index (χ4v) is 8.39. The Morgan fingerprint density at radius 1 is 0.977 bits per heavy atom. The lowest BCUT2D eigenvalue weighted by molar-refractivity contribution is 0.0632. The molecule has 3 aliphatic heterocycles. The maximum atomic E-state index is 12.5. The zero-order chi connectivity index (χ0) is 30.6. The molecule has 2 fully saturated rings. The number of β-amino-alcohol motifs (C(OH)–C–C–N with tert-alkyl or cyclic N) is 1. The largest absolute Gasteiger partial charge is 0.390 e. The number of aromatic nitrogens is 2. The van der Waals surface area contributed by atoms with E-state index < -0.39 is 17.1 Å². The number of nitrogens with zero attached hydrogens (tertiary/aromatic N) is 4. The van der Waals surface area contributed by atoms with Crippen LogP contribution in [0.25, 0.3) is 11.3 Å². The third-order valence-electron chi connectivity index (χ3n) is 9.91. The number of fused-ring (bicyclic) bond motifs is 1. The zero-order valence-corrected chi connectivity index (χ0v) is 28.0.